The summed E-state index contributed by atoms with van der Waals surface area (Å²) in [5.41, 5.74) is 0. The molecule has 0 radical (unpaired) electrons. The van der Waals surface area contributed by atoms with Crippen LogP contribution < -0.4 is 0 Å². The van der Waals surface area contributed by atoms with Gasteiger partial charge in [-0.2, -0.15) is 0 Å². The van der Waals surface area contributed by atoms with Crippen molar-refractivity contribution in [2.45, 2.75) is 27.7 Å². The van der Waals surface area contributed by atoms with Gasteiger partial charge in [-0.3, -0.25) is 9.80 Å². The van der Waals surface area contributed by atoms with E-state index in [1.165, 1.54) is 0 Å². The van der Waals surface area contributed by atoms with Crippen LogP contribution in [0.15, 0.2) is 0 Å². The quantitative estimate of drug-likeness (QED) is 0.211. The average Bonchev–Trinajstić information content (AvgIpc) is 2.33. The van der Waals surface area contributed by atoms with Crippen molar-refractivity contribution in [2.24, 2.45) is 0 Å². The summed E-state index contributed by atoms with van der Waals surface area (Å²) in [4.78, 5) is 4.02. The fourth-order valence-corrected chi connectivity index (χ4v) is 2.07. The van der Waals surface area contributed by atoms with Crippen LogP contribution in [0.25, 0.3) is 0 Å². The van der Waals surface area contributed by atoms with E-state index in [1.807, 2.05) is 9.80 Å². The Hall–Kier alpha value is 1.09. The van der Waals surface area contributed by atoms with Gasteiger partial charge < -0.3 is 25.3 Å². The summed E-state index contributed by atoms with van der Waals surface area (Å²) in [6.07, 6.45) is 0. The molecule has 112 valence electrons. The zero-order valence-corrected chi connectivity index (χ0v) is 17.1. The number of rotatable bonds is 4. The van der Waals surface area contributed by atoms with E-state index in [9.17, 15) is 0 Å². The second-order valence-electron chi connectivity index (χ2n) is 2.98. The Morgan fingerprint density at radius 2 is 1.00 bits per heavy atom. The first kappa shape index (κ1) is 25.1. The molecule has 0 saturated carbocycles. The van der Waals surface area contributed by atoms with Gasteiger partial charge in [0.1, 0.15) is 33.1 Å². The van der Waals surface area contributed by atoms with Crippen LogP contribution in [0.1, 0.15) is 27.7 Å². The van der Waals surface area contributed by atoms with Crippen LogP contribution in [-0.2, 0) is 75.0 Å². The van der Waals surface area contributed by atoms with E-state index >= 15 is 0 Å². The molecule has 0 bridgehead atoms. The number of thiol groups is 2. The van der Waals surface area contributed by atoms with Crippen molar-refractivity contribution >= 4 is 58.3 Å². The first-order chi connectivity index (χ1) is 8.85. The Morgan fingerprint density at radius 3 is 1.00 bits per heavy atom. The molecule has 0 atom stereocenters. The standard InChI is InChI=1S/2C5H11NS2.Mo.2O/c2*1-3-6(4-2)5(7)8;;;/h2*3-4H2,1-2H3,(H,7,8);;;/q;;+2;;. The Bertz CT molecular complexity index is 257. The van der Waals surface area contributed by atoms with Crippen LogP contribution in [0, 0.1) is 0 Å². The van der Waals surface area contributed by atoms with E-state index in [2.05, 4.69) is 52.1 Å². The van der Waals surface area contributed by atoms with Gasteiger partial charge in [0.2, 0.25) is 0 Å². The molecule has 0 rings (SSSR count). The van der Waals surface area contributed by atoms with Crippen LogP contribution in [0.3, 0.4) is 0 Å². The van der Waals surface area contributed by atoms with Gasteiger partial charge >= 0.3 is 25.3 Å². The third kappa shape index (κ3) is 19.1. The second kappa shape index (κ2) is 19.1. The molecule has 0 saturated heterocycles. The molecule has 0 spiro atoms. The van der Waals surface area contributed by atoms with E-state index in [4.69, 9.17) is 32.1 Å². The van der Waals surface area contributed by atoms with E-state index in [0.717, 1.165) is 26.2 Å². The van der Waals surface area contributed by atoms with Crippen molar-refractivity contribution in [3.05, 3.63) is 0 Å². The first-order valence-corrected chi connectivity index (χ1v) is 9.08. The van der Waals surface area contributed by atoms with Gasteiger partial charge in [0, 0.05) is 26.2 Å². The molecule has 0 aliphatic carbocycles. The van der Waals surface area contributed by atoms with Crippen molar-refractivity contribution in [3.8, 4) is 0 Å². The summed E-state index contributed by atoms with van der Waals surface area (Å²) in [6, 6.07) is 0. The van der Waals surface area contributed by atoms with Gasteiger partial charge in [-0.25, -0.2) is 0 Å². The molecule has 9 heteroatoms. The van der Waals surface area contributed by atoms with Gasteiger partial charge in [0.05, 0.1) is 0 Å². The van der Waals surface area contributed by atoms with Crippen molar-refractivity contribution in [2.75, 3.05) is 26.2 Å². The average molecular weight is 427 g/mol. The molecule has 0 aromatic rings. The minimum absolute atomic E-state index is 0.690. The summed E-state index contributed by atoms with van der Waals surface area (Å²) in [7, 11) is 0. The van der Waals surface area contributed by atoms with Crippen molar-refractivity contribution < 1.29 is 25.3 Å². The monoisotopic (exact) mass is 428 g/mol. The van der Waals surface area contributed by atoms with Crippen molar-refractivity contribution in [1.29, 1.82) is 0 Å². The first-order valence-electron chi connectivity index (χ1n) is 5.73. The SMILES string of the molecule is CCN(CC)C([S-])=[SH+].CCN(CC)C([S-])=[SH+].[O]=[Mo+2]=[O]. The molecule has 4 nitrogen and oxygen atoms in total. The molecule has 0 unspecified atom stereocenters. The fraction of sp³-hybridized carbons (Fsp3) is 0.800. The Kier molecular flexibility index (Phi) is 25.2. The maximum absolute atomic E-state index is 8.50. The number of nitrogens with zero attached hydrogens (tertiary/aromatic N) is 2. The zero-order chi connectivity index (χ0) is 15.8. The number of hydrogen-bond donors (Lipinski definition) is 0. The molecule has 0 heterocycles. The van der Waals surface area contributed by atoms with Crippen LogP contribution in [0.5, 0.6) is 0 Å². The van der Waals surface area contributed by atoms with Crippen molar-refractivity contribution in [1.82, 2.24) is 9.80 Å². The summed E-state index contributed by atoms with van der Waals surface area (Å²) in [5, 5.41) is 0. The second-order valence-corrected chi connectivity index (χ2v) is 5.54. The molecule has 0 aliphatic heterocycles. The Labute approximate surface area is 146 Å². The van der Waals surface area contributed by atoms with Crippen LogP contribution in [-0.4, -0.2) is 44.6 Å². The van der Waals surface area contributed by atoms with Gasteiger partial charge in [-0.1, -0.05) is 27.7 Å². The summed E-state index contributed by atoms with van der Waals surface area (Å²) in [5.74, 6) is 0. The molecule has 0 aromatic carbocycles. The molecule has 19 heavy (non-hydrogen) atoms. The van der Waals surface area contributed by atoms with Gasteiger partial charge in [0.25, 0.3) is 0 Å². The van der Waals surface area contributed by atoms with Crippen LogP contribution >= 0.6 is 0 Å². The zero-order valence-electron chi connectivity index (χ0n) is 11.7. The summed E-state index contributed by atoms with van der Waals surface area (Å²) >= 11 is 15.6. The predicted octanol–water partition coefficient (Wildman–Crippen LogP) is 0.243. The Morgan fingerprint density at radius 1 is 0.842 bits per heavy atom. The van der Waals surface area contributed by atoms with Crippen LogP contribution in [0.2, 0.25) is 0 Å². The fourth-order valence-electron chi connectivity index (χ4n) is 0.988. The minimum atomic E-state index is -2.03. The Balaban J connectivity index is -0.000000224. The van der Waals surface area contributed by atoms with E-state index in [0.29, 0.717) is 8.64 Å². The predicted molar refractivity (Wildman–Crippen MR) is 89.5 cm³/mol. The normalized spacial score (nSPS) is 8.84. The van der Waals surface area contributed by atoms with E-state index in [-0.39, 0.29) is 0 Å². The van der Waals surface area contributed by atoms with Gasteiger partial charge in [-0.15, -0.1) is 0 Å². The van der Waals surface area contributed by atoms with Crippen molar-refractivity contribution in [3.63, 3.8) is 0 Å². The van der Waals surface area contributed by atoms with Gasteiger partial charge in [-0.05, 0) is 0 Å². The molecule has 0 aromatic heterocycles. The topological polar surface area (TPSA) is 40.6 Å². The third-order valence-corrected chi connectivity index (χ3v) is 3.15. The number of hydrogen-bond acceptors (Lipinski definition) is 4. The van der Waals surface area contributed by atoms with E-state index in [1.54, 1.807) is 0 Å². The van der Waals surface area contributed by atoms with E-state index < -0.39 is 18.5 Å². The van der Waals surface area contributed by atoms with Gasteiger partial charge in [0.15, 0.2) is 0 Å². The molecule has 0 N–H and O–H groups in total. The summed E-state index contributed by atoms with van der Waals surface area (Å²) < 4.78 is 18.4. The third-order valence-electron chi connectivity index (χ3n) is 2.07. The summed E-state index contributed by atoms with van der Waals surface area (Å²) in [6.45, 7) is 12.1. The van der Waals surface area contributed by atoms with Crippen LogP contribution in [0.4, 0.5) is 0 Å². The molecule has 0 fully saturated rings. The molecule has 0 aliphatic rings. The molecular weight excluding hydrogens is 404 g/mol. The maximum atomic E-state index is 8.50. The molecular formula is C10H22MoN2O2S4+2. The molecule has 0 amide bonds.